The third kappa shape index (κ3) is 1.41. The Hall–Kier alpha value is -1.66. The van der Waals surface area contributed by atoms with Crippen molar-refractivity contribution in [2.75, 3.05) is 0 Å². The van der Waals surface area contributed by atoms with E-state index in [1.54, 1.807) is 0 Å². The number of hydrogen-bond acceptors (Lipinski definition) is 1. The van der Waals surface area contributed by atoms with E-state index in [2.05, 4.69) is 0 Å². The van der Waals surface area contributed by atoms with Crippen molar-refractivity contribution in [3.05, 3.63) is 34.6 Å². The van der Waals surface area contributed by atoms with E-state index in [0.29, 0.717) is 0 Å². The van der Waals surface area contributed by atoms with Crippen LogP contribution in [0.2, 0.25) is 0 Å². The van der Waals surface area contributed by atoms with Gasteiger partial charge in [0.05, 0.1) is 5.41 Å². The van der Waals surface area contributed by atoms with Gasteiger partial charge in [-0.3, -0.25) is 4.79 Å². The Morgan fingerprint density at radius 3 is 1.53 bits per heavy atom. The molecule has 92 valence electrons. The van der Waals surface area contributed by atoms with Gasteiger partial charge in [0.15, 0.2) is 23.3 Å². The van der Waals surface area contributed by atoms with Gasteiger partial charge in [-0.1, -0.05) is 0 Å². The molecule has 2 rings (SSSR count). The molecule has 7 heteroatoms. The van der Waals surface area contributed by atoms with Crippen molar-refractivity contribution in [1.82, 2.24) is 0 Å². The van der Waals surface area contributed by atoms with Gasteiger partial charge in [-0.25, -0.2) is 22.0 Å². The summed E-state index contributed by atoms with van der Waals surface area (Å²) in [6.07, 6.45) is -0.304. The maximum absolute atomic E-state index is 13.3. The lowest BCUT2D eigenvalue weighted by atomic mass is 9.94. The summed E-state index contributed by atoms with van der Waals surface area (Å²) in [5.74, 6) is -12.3. The summed E-state index contributed by atoms with van der Waals surface area (Å²) in [4.78, 5) is 10.8. The van der Waals surface area contributed by atoms with Crippen molar-refractivity contribution in [2.45, 2.75) is 18.3 Å². The van der Waals surface area contributed by atoms with Crippen molar-refractivity contribution in [3.63, 3.8) is 0 Å². The van der Waals surface area contributed by atoms with Crippen LogP contribution in [0.5, 0.6) is 0 Å². The number of carbonyl (C=O) groups is 1. The number of carboxylic acids is 1. The monoisotopic (exact) mass is 252 g/mol. The standard InChI is InChI=1S/C10H5F5O2/c11-4-3(10(1-2-10)9(16)17)5(12)7(14)8(15)6(4)13/h1-2H2,(H,16,17). The van der Waals surface area contributed by atoms with Crippen LogP contribution >= 0.6 is 0 Å². The molecule has 1 saturated carbocycles. The Morgan fingerprint density at radius 2 is 1.24 bits per heavy atom. The molecule has 1 fully saturated rings. The van der Waals surface area contributed by atoms with Crippen molar-refractivity contribution in [1.29, 1.82) is 0 Å². The van der Waals surface area contributed by atoms with Crippen LogP contribution in [0.25, 0.3) is 0 Å². The van der Waals surface area contributed by atoms with Gasteiger partial charge in [0.25, 0.3) is 0 Å². The lowest BCUT2D eigenvalue weighted by Crippen LogP contribution is -2.24. The van der Waals surface area contributed by atoms with Crippen LogP contribution < -0.4 is 0 Å². The zero-order valence-corrected chi connectivity index (χ0v) is 8.16. The Labute approximate surface area is 91.7 Å². The summed E-state index contributed by atoms with van der Waals surface area (Å²) < 4.78 is 65.1. The number of aliphatic carboxylic acids is 1. The third-order valence-electron chi connectivity index (χ3n) is 2.85. The van der Waals surface area contributed by atoms with Gasteiger partial charge in [0.2, 0.25) is 5.82 Å². The van der Waals surface area contributed by atoms with Gasteiger partial charge in [-0.2, -0.15) is 0 Å². The van der Waals surface area contributed by atoms with Gasteiger partial charge in [-0.05, 0) is 12.8 Å². The van der Waals surface area contributed by atoms with E-state index in [1.165, 1.54) is 0 Å². The lowest BCUT2D eigenvalue weighted by molar-refractivity contribution is -0.140. The summed E-state index contributed by atoms with van der Waals surface area (Å²) in [7, 11) is 0. The maximum atomic E-state index is 13.3. The van der Waals surface area contributed by atoms with E-state index in [4.69, 9.17) is 5.11 Å². The highest BCUT2D eigenvalue weighted by atomic mass is 19.2. The fourth-order valence-electron chi connectivity index (χ4n) is 1.72. The van der Waals surface area contributed by atoms with Gasteiger partial charge >= 0.3 is 5.97 Å². The Bertz CT molecular complexity index is 493. The highest BCUT2D eigenvalue weighted by molar-refractivity contribution is 5.85. The smallest absolute Gasteiger partial charge is 0.314 e. The molecular weight excluding hydrogens is 247 g/mol. The molecular formula is C10H5F5O2. The second-order valence-electron chi connectivity index (χ2n) is 3.83. The predicted molar refractivity (Wildman–Crippen MR) is 44.8 cm³/mol. The number of halogens is 5. The van der Waals surface area contributed by atoms with E-state index < -0.39 is 46.0 Å². The molecule has 0 bridgehead atoms. The highest BCUT2D eigenvalue weighted by Crippen LogP contribution is 2.51. The fourth-order valence-corrected chi connectivity index (χ4v) is 1.72. The molecule has 0 aliphatic heterocycles. The van der Waals surface area contributed by atoms with Crippen molar-refractivity contribution in [2.24, 2.45) is 0 Å². The molecule has 0 aromatic heterocycles. The molecule has 1 aliphatic rings. The lowest BCUT2D eigenvalue weighted by Gasteiger charge is -2.13. The molecule has 2 nitrogen and oxygen atoms in total. The first kappa shape index (κ1) is 11.8. The average Bonchev–Trinajstić information content (AvgIpc) is 3.05. The topological polar surface area (TPSA) is 37.3 Å². The molecule has 0 unspecified atom stereocenters. The van der Waals surface area contributed by atoms with Crippen LogP contribution in [0.1, 0.15) is 18.4 Å². The molecule has 0 saturated heterocycles. The van der Waals surface area contributed by atoms with E-state index >= 15 is 0 Å². The molecule has 1 N–H and O–H groups in total. The largest absolute Gasteiger partial charge is 0.481 e. The first-order chi connectivity index (χ1) is 7.83. The summed E-state index contributed by atoms with van der Waals surface area (Å²) in [5, 5.41) is 8.79. The molecule has 0 spiro atoms. The number of hydrogen-bond donors (Lipinski definition) is 1. The van der Waals surface area contributed by atoms with Gasteiger partial charge in [0, 0.05) is 5.56 Å². The van der Waals surface area contributed by atoms with Crippen LogP contribution in [-0.4, -0.2) is 11.1 Å². The summed E-state index contributed by atoms with van der Waals surface area (Å²) in [6, 6.07) is 0. The second kappa shape index (κ2) is 3.41. The summed E-state index contributed by atoms with van der Waals surface area (Å²) >= 11 is 0. The predicted octanol–water partition coefficient (Wildman–Crippen LogP) is 2.50. The fraction of sp³-hybridized carbons (Fsp3) is 0.300. The second-order valence-corrected chi connectivity index (χ2v) is 3.83. The average molecular weight is 252 g/mol. The quantitative estimate of drug-likeness (QED) is 0.499. The van der Waals surface area contributed by atoms with Gasteiger partial charge < -0.3 is 5.11 Å². The van der Waals surface area contributed by atoms with Crippen molar-refractivity contribution < 1.29 is 31.9 Å². The van der Waals surface area contributed by atoms with E-state index in [9.17, 15) is 26.7 Å². The van der Waals surface area contributed by atoms with Gasteiger partial charge in [0.1, 0.15) is 0 Å². The molecule has 0 radical (unpaired) electrons. The Kier molecular flexibility index (Phi) is 2.37. The van der Waals surface area contributed by atoms with Crippen LogP contribution in [-0.2, 0) is 10.2 Å². The third-order valence-corrected chi connectivity index (χ3v) is 2.85. The Morgan fingerprint density at radius 1 is 0.882 bits per heavy atom. The summed E-state index contributed by atoms with van der Waals surface area (Å²) in [5.41, 5.74) is -3.23. The van der Waals surface area contributed by atoms with E-state index in [-0.39, 0.29) is 12.8 Å². The number of rotatable bonds is 2. The van der Waals surface area contributed by atoms with Crippen LogP contribution in [0.4, 0.5) is 22.0 Å². The Balaban J connectivity index is 2.76. The SMILES string of the molecule is O=C(O)C1(c2c(F)c(F)c(F)c(F)c2F)CC1. The van der Waals surface area contributed by atoms with Gasteiger partial charge in [-0.15, -0.1) is 0 Å². The molecule has 1 aliphatic carbocycles. The summed E-state index contributed by atoms with van der Waals surface area (Å²) in [6.45, 7) is 0. The van der Waals surface area contributed by atoms with Crippen LogP contribution in [0.3, 0.4) is 0 Å². The number of benzene rings is 1. The van der Waals surface area contributed by atoms with E-state index in [0.717, 1.165) is 0 Å². The van der Waals surface area contributed by atoms with Crippen molar-refractivity contribution in [3.8, 4) is 0 Å². The zero-order valence-electron chi connectivity index (χ0n) is 8.16. The molecule has 0 amide bonds. The molecule has 17 heavy (non-hydrogen) atoms. The van der Waals surface area contributed by atoms with E-state index in [1.807, 2.05) is 0 Å². The first-order valence-electron chi connectivity index (χ1n) is 4.58. The molecule has 1 aromatic rings. The van der Waals surface area contributed by atoms with Crippen LogP contribution in [0, 0.1) is 29.1 Å². The molecule has 0 heterocycles. The zero-order chi connectivity index (χ0) is 13.0. The highest BCUT2D eigenvalue weighted by Gasteiger charge is 2.56. The normalized spacial score (nSPS) is 17.0. The van der Waals surface area contributed by atoms with Crippen molar-refractivity contribution >= 4 is 5.97 Å². The molecule has 0 atom stereocenters. The molecule has 1 aromatic carbocycles. The minimum absolute atomic E-state index is 0.152. The minimum atomic E-state index is -2.29. The first-order valence-corrected chi connectivity index (χ1v) is 4.58. The minimum Gasteiger partial charge on any atom is -0.481 e. The van der Waals surface area contributed by atoms with Crippen LogP contribution in [0.15, 0.2) is 0 Å². The maximum Gasteiger partial charge on any atom is 0.314 e. The number of carboxylic acid groups (broad SMARTS) is 1.